The quantitative estimate of drug-likeness (QED) is 0.616. The Balaban J connectivity index is 2.27. The van der Waals surface area contributed by atoms with Crippen LogP contribution in [0.2, 0.25) is 0 Å². The van der Waals surface area contributed by atoms with Crippen LogP contribution in [0, 0.1) is 0 Å². The molecule has 0 unspecified atom stereocenters. The van der Waals surface area contributed by atoms with Crippen LogP contribution in [0.5, 0.6) is 0 Å². The third kappa shape index (κ3) is 8.61. The van der Waals surface area contributed by atoms with Crippen LogP contribution in [0.3, 0.4) is 0 Å². The van der Waals surface area contributed by atoms with Gasteiger partial charge in [0.1, 0.15) is 0 Å². The number of hydrogen-bond donors (Lipinski definition) is 2. The Hall–Kier alpha value is -1.63. The predicted octanol–water partition coefficient (Wildman–Crippen LogP) is 2.40. The van der Waals surface area contributed by atoms with Gasteiger partial charge in [-0.25, -0.2) is 4.79 Å². The van der Waals surface area contributed by atoms with Crippen LogP contribution in [0.1, 0.15) is 18.9 Å². The first kappa shape index (κ1) is 18.4. The van der Waals surface area contributed by atoms with Crippen LogP contribution in [0.25, 0.3) is 0 Å². The lowest BCUT2D eigenvalue weighted by atomic mass is 10.2. The van der Waals surface area contributed by atoms with E-state index < -0.39 is 0 Å². The van der Waals surface area contributed by atoms with Crippen molar-refractivity contribution in [1.82, 2.24) is 5.32 Å². The standard InChI is InChI=1S/C16H26N2O4/c1-3-21-9-5-8-17-16(19)18-15-7-4-6-14(12-15)13-22-11-10-20-2/h4,6-7,12H,3,5,8-11,13H2,1-2H3,(H2,17,18,19). The van der Waals surface area contributed by atoms with Gasteiger partial charge >= 0.3 is 6.03 Å². The van der Waals surface area contributed by atoms with E-state index in [0.29, 0.717) is 39.6 Å². The molecule has 0 aliphatic rings. The maximum atomic E-state index is 11.7. The molecule has 0 heterocycles. The van der Waals surface area contributed by atoms with Gasteiger partial charge in [-0.3, -0.25) is 0 Å². The lowest BCUT2D eigenvalue weighted by Crippen LogP contribution is -2.30. The third-order valence-electron chi connectivity index (χ3n) is 2.84. The second-order valence-electron chi connectivity index (χ2n) is 4.68. The smallest absolute Gasteiger partial charge is 0.319 e. The van der Waals surface area contributed by atoms with Crippen LogP contribution >= 0.6 is 0 Å². The molecule has 0 saturated carbocycles. The van der Waals surface area contributed by atoms with E-state index in [9.17, 15) is 4.79 Å². The zero-order valence-corrected chi connectivity index (χ0v) is 13.4. The van der Waals surface area contributed by atoms with E-state index in [1.807, 2.05) is 31.2 Å². The number of benzene rings is 1. The molecule has 0 radical (unpaired) electrons. The number of nitrogens with one attached hydrogen (secondary N) is 2. The zero-order valence-electron chi connectivity index (χ0n) is 13.4. The third-order valence-corrected chi connectivity index (χ3v) is 2.84. The molecule has 0 spiro atoms. The van der Waals surface area contributed by atoms with Gasteiger partial charge in [0.2, 0.25) is 0 Å². The summed E-state index contributed by atoms with van der Waals surface area (Å²) in [6.07, 6.45) is 0.800. The van der Waals surface area contributed by atoms with Crippen molar-refractivity contribution >= 4 is 11.7 Å². The van der Waals surface area contributed by atoms with Crippen molar-refractivity contribution in [2.24, 2.45) is 0 Å². The van der Waals surface area contributed by atoms with E-state index in [0.717, 1.165) is 17.7 Å². The highest BCUT2D eigenvalue weighted by Crippen LogP contribution is 2.11. The highest BCUT2D eigenvalue weighted by atomic mass is 16.5. The number of rotatable bonds is 11. The minimum absolute atomic E-state index is 0.214. The summed E-state index contributed by atoms with van der Waals surface area (Å²) in [5, 5.41) is 5.60. The monoisotopic (exact) mass is 310 g/mol. The molecule has 1 aromatic carbocycles. The van der Waals surface area contributed by atoms with E-state index in [2.05, 4.69) is 10.6 Å². The Morgan fingerprint density at radius 3 is 2.82 bits per heavy atom. The minimum atomic E-state index is -0.214. The van der Waals surface area contributed by atoms with Crippen molar-refractivity contribution in [1.29, 1.82) is 0 Å². The summed E-state index contributed by atoms with van der Waals surface area (Å²) < 4.78 is 15.6. The van der Waals surface area contributed by atoms with Gasteiger partial charge in [0.15, 0.2) is 0 Å². The van der Waals surface area contributed by atoms with Gasteiger partial charge in [-0.1, -0.05) is 12.1 Å². The van der Waals surface area contributed by atoms with Crippen LogP contribution in [-0.4, -0.2) is 46.1 Å². The molecule has 1 rings (SSSR count). The lowest BCUT2D eigenvalue weighted by Gasteiger charge is -2.09. The normalized spacial score (nSPS) is 10.5. The van der Waals surface area contributed by atoms with E-state index in [1.54, 1.807) is 7.11 Å². The number of urea groups is 1. The van der Waals surface area contributed by atoms with Gasteiger partial charge in [0, 0.05) is 32.6 Å². The molecule has 124 valence electrons. The SMILES string of the molecule is CCOCCCNC(=O)Nc1cccc(COCCOC)c1. The van der Waals surface area contributed by atoms with E-state index >= 15 is 0 Å². The van der Waals surface area contributed by atoms with E-state index in [1.165, 1.54) is 0 Å². The average Bonchev–Trinajstić information content (AvgIpc) is 2.52. The molecule has 0 saturated heterocycles. The topological polar surface area (TPSA) is 68.8 Å². The second kappa shape index (κ2) is 12.0. The van der Waals surface area contributed by atoms with Crippen molar-refractivity contribution in [2.75, 3.05) is 45.4 Å². The number of methoxy groups -OCH3 is 1. The van der Waals surface area contributed by atoms with Gasteiger partial charge in [0.25, 0.3) is 0 Å². The summed E-state index contributed by atoms with van der Waals surface area (Å²) in [4.78, 5) is 11.7. The number of carbonyl (C=O) groups is 1. The Morgan fingerprint density at radius 2 is 2.05 bits per heavy atom. The second-order valence-corrected chi connectivity index (χ2v) is 4.68. The summed E-state index contributed by atoms with van der Waals surface area (Å²) in [6.45, 7) is 5.51. The molecule has 2 amide bonds. The summed E-state index contributed by atoms with van der Waals surface area (Å²) in [5.74, 6) is 0. The highest BCUT2D eigenvalue weighted by Gasteiger charge is 2.02. The molecule has 2 N–H and O–H groups in total. The van der Waals surface area contributed by atoms with Gasteiger partial charge < -0.3 is 24.8 Å². The molecule has 0 aromatic heterocycles. The molecule has 6 heteroatoms. The minimum Gasteiger partial charge on any atom is -0.382 e. The van der Waals surface area contributed by atoms with Crippen LogP contribution < -0.4 is 10.6 Å². The highest BCUT2D eigenvalue weighted by molar-refractivity contribution is 5.89. The Morgan fingerprint density at radius 1 is 1.18 bits per heavy atom. The van der Waals surface area contributed by atoms with Crippen LogP contribution in [-0.2, 0) is 20.8 Å². The molecule has 1 aromatic rings. The molecule has 0 fully saturated rings. The number of amides is 2. The Labute approximate surface area is 132 Å². The molecule has 0 aliphatic heterocycles. The Kier molecular flexibility index (Phi) is 10.0. The predicted molar refractivity (Wildman–Crippen MR) is 86.1 cm³/mol. The van der Waals surface area contributed by atoms with Crippen molar-refractivity contribution in [3.63, 3.8) is 0 Å². The van der Waals surface area contributed by atoms with Crippen molar-refractivity contribution in [2.45, 2.75) is 20.0 Å². The fourth-order valence-corrected chi connectivity index (χ4v) is 1.77. The van der Waals surface area contributed by atoms with Crippen LogP contribution in [0.4, 0.5) is 10.5 Å². The first-order valence-electron chi connectivity index (χ1n) is 7.54. The average molecular weight is 310 g/mol. The first-order valence-corrected chi connectivity index (χ1v) is 7.54. The number of carbonyl (C=O) groups excluding carboxylic acids is 1. The summed E-state index contributed by atoms with van der Waals surface area (Å²) in [7, 11) is 1.64. The van der Waals surface area contributed by atoms with Gasteiger partial charge in [0.05, 0.1) is 19.8 Å². The number of hydrogen-bond acceptors (Lipinski definition) is 4. The van der Waals surface area contributed by atoms with Gasteiger partial charge in [-0.05, 0) is 31.0 Å². The first-order chi connectivity index (χ1) is 10.8. The molecule has 0 bridgehead atoms. The molecule has 6 nitrogen and oxygen atoms in total. The largest absolute Gasteiger partial charge is 0.382 e. The molecular weight excluding hydrogens is 284 g/mol. The summed E-state index contributed by atoms with van der Waals surface area (Å²) >= 11 is 0. The van der Waals surface area contributed by atoms with Crippen molar-refractivity contribution < 1.29 is 19.0 Å². The molecular formula is C16H26N2O4. The lowest BCUT2D eigenvalue weighted by molar-refractivity contribution is 0.0617. The van der Waals surface area contributed by atoms with Gasteiger partial charge in [-0.2, -0.15) is 0 Å². The van der Waals surface area contributed by atoms with E-state index in [4.69, 9.17) is 14.2 Å². The summed E-state index contributed by atoms with van der Waals surface area (Å²) in [5.41, 5.74) is 1.75. The van der Waals surface area contributed by atoms with Gasteiger partial charge in [-0.15, -0.1) is 0 Å². The molecule has 0 atom stereocenters. The fourth-order valence-electron chi connectivity index (χ4n) is 1.77. The fraction of sp³-hybridized carbons (Fsp3) is 0.562. The number of ether oxygens (including phenoxy) is 3. The molecule has 0 aliphatic carbocycles. The van der Waals surface area contributed by atoms with Crippen molar-refractivity contribution in [3.8, 4) is 0 Å². The number of anilines is 1. The van der Waals surface area contributed by atoms with Crippen LogP contribution in [0.15, 0.2) is 24.3 Å². The molecule has 22 heavy (non-hydrogen) atoms. The summed E-state index contributed by atoms with van der Waals surface area (Å²) in [6, 6.07) is 7.37. The Bertz CT molecular complexity index is 426. The van der Waals surface area contributed by atoms with E-state index in [-0.39, 0.29) is 6.03 Å². The zero-order chi connectivity index (χ0) is 16.0. The van der Waals surface area contributed by atoms with Crippen molar-refractivity contribution in [3.05, 3.63) is 29.8 Å². The maximum Gasteiger partial charge on any atom is 0.319 e. The maximum absolute atomic E-state index is 11.7.